The maximum atomic E-state index is 12.8. The Bertz CT molecular complexity index is 795. The minimum absolute atomic E-state index is 0.141. The zero-order valence-corrected chi connectivity index (χ0v) is 20.3. The molecule has 170 valence electrons. The summed E-state index contributed by atoms with van der Waals surface area (Å²) in [6, 6.07) is 13.4. The molecule has 0 radical (unpaired) electrons. The number of benzene rings is 2. The molecule has 3 rings (SSSR count). The van der Waals surface area contributed by atoms with E-state index >= 15 is 0 Å². The Morgan fingerprint density at radius 1 is 1.03 bits per heavy atom. The Morgan fingerprint density at radius 2 is 1.68 bits per heavy atom. The molecule has 0 bridgehead atoms. The largest absolute Gasteiger partial charge is 0.393 e. The molecular formula is C27H39FN2S. The summed E-state index contributed by atoms with van der Waals surface area (Å²) < 4.78 is 12.8. The van der Waals surface area contributed by atoms with Gasteiger partial charge in [-0.1, -0.05) is 69.2 Å². The van der Waals surface area contributed by atoms with E-state index in [1.165, 1.54) is 61.0 Å². The van der Waals surface area contributed by atoms with Crippen LogP contribution in [0.1, 0.15) is 61.8 Å². The van der Waals surface area contributed by atoms with E-state index in [1.54, 1.807) is 12.1 Å². The summed E-state index contributed by atoms with van der Waals surface area (Å²) in [5.41, 5.74) is 10.7. The van der Waals surface area contributed by atoms with E-state index < -0.39 is 0 Å². The molecule has 0 aliphatic carbocycles. The first kappa shape index (κ1) is 25.5. The molecule has 0 saturated carbocycles. The molecular weight excluding hydrogens is 403 g/mol. The standard InChI is InChI=1S/C15H22FN.C12H17NS/c1-2-13-7-10-17(11-8-13)12-9-14-3-5-15(16)6-4-14;1-3-4-11-6-5-10(7-9(11)2)8-12(13)14/h3-6,13H,2,7-12H2,1H3;5-7H,3-4,8H2,1-2H3,(H2,13,14). The summed E-state index contributed by atoms with van der Waals surface area (Å²) in [4.78, 5) is 3.10. The lowest BCUT2D eigenvalue weighted by Gasteiger charge is -2.31. The molecule has 2 aromatic carbocycles. The highest BCUT2D eigenvalue weighted by atomic mass is 32.1. The summed E-state index contributed by atoms with van der Waals surface area (Å²) >= 11 is 4.88. The van der Waals surface area contributed by atoms with Gasteiger partial charge in [0, 0.05) is 13.0 Å². The van der Waals surface area contributed by atoms with Crippen LogP contribution in [0.2, 0.25) is 0 Å². The van der Waals surface area contributed by atoms with E-state index in [2.05, 4.69) is 43.9 Å². The normalized spacial score (nSPS) is 14.7. The molecule has 0 atom stereocenters. The fourth-order valence-electron chi connectivity index (χ4n) is 4.18. The van der Waals surface area contributed by atoms with Gasteiger partial charge in [-0.15, -0.1) is 0 Å². The van der Waals surface area contributed by atoms with Crippen molar-refractivity contribution < 1.29 is 4.39 Å². The summed E-state index contributed by atoms with van der Waals surface area (Å²) in [6.45, 7) is 10.2. The fourth-order valence-corrected chi connectivity index (χ4v) is 4.34. The van der Waals surface area contributed by atoms with Gasteiger partial charge in [0.05, 0.1) is 4.99 Å². The van der Waals surface area contributed by atoms with Crippen LogP contribution < -0.4 is 5.73 Å². The second kappa shape index (κ2) is 13.6. The topological polar surface area (TPSA) is 29.3 Å². The van der Waals surface area contributed by atoms with Crippen LogP contribution in [0.15, 0.2) is 42.5 Å². The van der Waals surface area contributed by atoms with Crippen molar-refractivity contribution in [3.63, 3.8) is 0 Å². The first-order valence-corrected chi connectivity index (χ1v) is 12.2. The molecule has 1 saturated heterocycles. The minimum Gasteiger partial charge on any atom is -0.393 e. The van der Waals surface area contributed by atoms with Crippen LogP contribution in [0, 0.1) is 18.7 Å². The molecule has 2 aromatic rings. The molecule has 2 N–H and O–H groups in total. The third-order valence-corrected chi connectivity index (χ3v) is 6.36. The molecule has 2 nitrogen and oxygen atoms in total. The van der Waals surface area contributed by atoms with E-state index in [0.717, 1.165) is 25.3 Å². The third-order valence-electron chi connectivity index (χ3n) is 6.22. The van der Waals surface area contributed by atoms with Crippen LogP contribution >= 0.6 is 12.2 Å². The van der Waals surface area contributed by atoms with E-state index in [-0.39, 0.29) is 5.82 Å². The van der Waals surface area contributed by atoms with Gasteiger partial charge in [0.2, 0.25) is 0 Å². The van der Waals surface area contributed by atoms with Crippen molar-refractivity contribution in [1.29, 1.82) is 0 Å². The number of thiocarbonyl (C=S) groups is 1. The van der Waals surface area contributed by atoms with E-state index in [4.69, 9.17) is 18.0 Å². The first-order chi connectivity index (χ1) is 14.9. The highest BCUT2D eigenvalue weighted by molar-refractivity contribution is 7.80. The second-order valence-corrected chi connectivity index (χ2v) is 9.25. The number of aryl methyl sites for hydroxylation is 2. The van der Waals surface area contributed by atoms with E-state index in [0.29, 0.717) is 11.4 Å². The lowest BCUT2D eigenvalue weighted by Crippen LogP contribution is -2.34. The zero-order chi connectivity index (χ0) is 22.6. The lowest BCUT2D eigenvalue weighted by atomic mass is 9.94. The molecule has 0 amide bonds. The van der Waals surface area contributed by atoms with Crippen LogP contribution in [0.5, 0.6) is 0 Å². The Morgan fingerprint density at radius 3 is 2.23 bits per heavy atom. The average molecular weight is 443 g/mol. The number of piperidine rings is 1. The highest BCUT2D eigenvalue weighted by Crippen LogP contribution is 2.20. The number of nitrogens with zero attached hydrogens (tertiary/aromatic N) is 1. The summed E-state index contributed by atoms with van der Waals surface area (Å²) in [5.74, 6) is 0.801. The van der Waals surface area contributed by atoms with Gasteiger partial charge in [0.25, 0.3) is 0 Å². The molecule has 0 unspecified atom stereocenters. The SMILES string of the molecule is CCC1CCN(CCc2ccc(F)cc2)CC1.CCCc1ccc(CC(N)=S)cc1C. The fraction of sp³-hybridized carbons (Fsp3) is 0.519. The number of hydrogen-bond acceptors (Lipinski definition) is 2. The zero-order valence-electron chi connectivity index (χ0n) is 19.5. The second-order valence-electron chi connectivity index (χ2n) is 8.72. The van der Waals surface area contributed by atoms with Crippen molar-refractivity contribution in [2.45, 2.75) is 65.7 Å². The van der Waals surface area contributed by atoms with Crippen molar-refractivity contribution in [1.82, 2.24) is 4.90 Å². The molecule has 1 fully saturated rings. The van der Waals surface area contributed by atoms with Crippen LogP contribution in [-0.4, -0.2) is 29.5 Å². The maximum Gasteiger partial charge on any atom is 0.123 e. The average Bonchev–Trinajstić information content (AvgIpc) is 2.76. The Kier molecular flexibility index (Phi) is 11.2. The summed E-state index contributed by atoms with van der Waals surface area (Å²) in [6.07, 6.45) is 8.11. The van der Waals surface area contributed by atoms with Gasteiger partial charge >= 0.3 is 0 Å². The number of halogens is 1. The van der Waals surface area contributed by atoms with Gasteiger partial charge in [0.1, 0.15) is 5.82 Å². The van der Waals surface area contributed by atoms with Gasteiger partial charge in [-0.25, -0.2) is 4.39 Å². The monoisotopic (exact) mass is 442 g/mol. The van der Waals surface area contributed by atoms with Crippen molar-refractivity contribution in [2.24, 2.45) is 11.7 Å². The Hall–Kier alpha value is -1.78. The minimum atomic E-state index is -0.141. The maximum absolute atomic E-state index is 12.8. The van der Waals surface area contributed by atoms with Crippen LogP contribution in [0.25, 0.3) is 0 Å². The molecule has 31 heavy (non-hydrogen) atoms. The molecule has 1 aliphatic rings. The van der Waals surface area contributed by atoms with Crippen molar-refractivity contribution >= 4 is 17.2 Å². The number of nitrogens with two attached hydrogens (primary N) is 1. The molecule has 0 aromatic heterocycles. The lowest BCUT2D eigenvalue weighted by molar-refractivity contribution is 0.184. The molecule has 4 heteroatoms. The smallest absolute Gasteiger partial charge is 0.123 e. The summed E-state index contributed by atoms with van der Waals surface area (Å²) in [5, 5.41) is 0. The van der Waals surface area contributed by atoms with Crippen LogP contribution in [-0.2, 0) is 19.3 Å². The predicted molar refractivity (Wildman–Crippen MR) is 135 cm³/mol. The number of hydrogen-bond donors (Lipinski definition) is 1. The van der Waals surface area contributed by atoms with E-state index in [1.807, 2.05) is 12.1 Å². The van der Waals surface area contributed by atoms with Gasteiger partial charge < -0.3 is 10.6 Å². The molecule has 0 spiro atoms. The van der Waals surface area contributed by atoms with Crippen LogP contribution in [0.3, 0.4) is 0 Å². The van der Waals surface area contributed by atoms with Gasteiger partial charge in [-0.3, -0.25) is 0 Å². The van der Waals surface area contributed by atoms with Crippen molar-refractivity contribution in [2.75, 3.05) is 19.6 Å². The first-order valence-electron chi connectivity index (χ1n) is 11.7. The molecule has 1 aliphatic heterocycles. The third kappa shape index (κ3) is 9.49. The Labute approximate surface area is 194 Å². The van der Waals surface area contributed by atoms with Crippen LogP contribution in [0.4, 0.5) is 4.39 Å². The van der Waals surface area contributed by atoms with Gasteiger partial charge in [0.15, 0.2) is 0 Å². The summed E-state index contributed by atoms with van der Waals surface area (Å²) in [7, 11) is 0. The number of rotatable bonds is 8. The number of likely N-dealkylation sites (tertiary alicyclic amines) is 1. The van der Waals surface area contributed by atoms with Gasteiger partial charge in [-0.05, 0) is 86.0 Å². The quantitative estimate of drug-likeness (QED) is 0.489. The van der Waals surface area contributed by atoms with Crippen molar-refractivity contribution in [3.05, 3.63) is 70.5 Å². The van der Waals surface area contributed by atoms with Crippen molar-refractivity contribution in [3.8, 4) is 0 Å². The Balaban J connectivity index is 0.000000225. The van der Waals surface area contributed by atoms with Gasteiger partial charge in [-0.2, -0.15) is 0 Å². The highest BCUT2D eigenvalue weighted by Gasteiger charge is 2.17. The predicted octanol–water partition coefficient (Wildman–Crippen LogP) is 6.27. The molecule has 1 heterocycles. The van der Waals surface area contributed by atoms with E-state index in [9.17, 15) is 4.39 Å².